The van der Waals surface area contributed by atoms with Crippen molar-refractivity contribution in [2.75, 3.05) is 25.0 Å². The zero-order valence-electron chi connectivity index (χ0n) is 13.4. The van der Waals surface area contributed by atoms with Crippen LogP contribution in [-0.4, -0.2) is 52.6 Å². The van der Waals surface area contributed by atoms with E-state index in [4.69, 9.17) is 4.74 Å². The molecule has 0 bridgehead atoms. The summed E-state index contributed by atoms with van der Waals surface area (Å²) in [6.45, 7) is 2.52. The molecule has 6 heteroatoms. The Morgan fingerprint density at radius 2 is 2.30 bits per heavy atom. The number of amides is 1. The van der Waals surface area contributed by atoms with Gasteiger partial charge >= 0.3 is 0 Å². The van der Waals surface area contributed by atoms with E-state index in [-0.39, 0.29) is 12.0 Å². The maximum absolute atomic E-state index is 12.6. The third-order valence-electron chi connectivity index (χ3n) is 5.50. The number of hydrogen-bond donors (Lipinski definition) is 1. The zero-order valence-corrected chi connectivity index (χ0v) is 13.4. The summed E-state index contributed by atoms with van der Waals surface area (Å²) in [5.74, 6) is 1.11. The summed E-state index contributed by atoms with van der Waals surface area (Å²) in [5.41, 5.74) is 0.315. The first kappa shape index (κ1) is 14.9. The Bertz CT molecular complexity index is 553. The molecule has 1 aliphatic carbocycles. The van der Waals surface area contributed by atoms with Crippen LogP contribution in [0.2, 0.25) is 0 Å². The highest BCUT2D eigenvalue weighted by Crippen LogP contribution is 2.49. The van der Waals surface area contributed by atoms with Gasteiger partial charge in [0.05, 0.1) is 0 Å². The molecule has 3 fully saturated rings. The van der Waals surface area contributed by atoms with E-state index in [1.807, 2.05) is 11.0 Å². The van der Waals surface area contributed by atoms with Crippen molar-refractivity contribution >= 4 is 11.7 Å². The molecule has 1 N–H and O–H groups in total. The van der Waals surface area contributed by atoms with E-state index in [0.29, 0.717) is 11.5 Å². The second-order valence-corrected chi connectivity index (χ2v) is 7.21. The largest absolute Gasteiger partial charge is 0.368 e. The number of carbonyl (C=O) groups is 1. The molecule has 0 unspecified atom stereocenters. The molecule has 4 rings (SSSR count). The van der Waals surface area contributed by atoms with Crippen molar-refractivity contribution in [2.24, 2.45) is 5.41 Å². The van der Waals surface area contributed by atoms with Gasteiger partial charge in [-0.15, -0.1) is 0 Å². The van der Waals surface area contributed by atoms with Gasteiger partial charge in [-0.25, -0.2) is 9.97 Å². The van der Waals surface area contributed by atoms with E-state index in [2.05, 4.69) is 15.3 Å². The fraction of sp³-hybridized carbons (Fsp3) is 0.706. The van der Waals surface area contributed by atoms with Gasteiger partial charge in [-0.2, -0.15) is 0 Å². The second-order valence-electron chi connectivity index (χ2n) is 7.21. The first-order valence-electron chi connectivity index (χ1n) is 8.67. The summed E-state index contributed by atoms with van der Waals surface area (Å²) in [5, 5.41) is 3.46. The molecule has 124 valence electrons. The molecule has 2 aliphatic heterocycles. The van der Waals surface area contributed by atoms with E-state index in [0.717, 1.165) is 64.0 Å². The number of ether oxygens (including phenoxy) is 1. The van der Waals surface area contributed by atoms with Crippen molar-refractivity contribution in [2.45, 2.75) is 50.7 Å². The van der Waals surface area contributed by atoms with Crippen molar-refractivity contribution in [3.63, 3.8) is 0 Å². The standard InChI is InChI=1S/C17H24N4O2/c22-16(14-3-1-2-8-23-14)21-7-5-17(11-21)9-13(10-17)20-15-4-6-18-12-19-15/h4,6,12-14H,1-3,5,7-11H2,(H,18,19,20)/t13?,14-,17?/m0/s1. The molecular formula is C17H24N4O2. The van der Waals surface area contributed by atoms with Crippen LogP contribution in [0.15, 0.2) is 18.6 Å². The molecule has 2 saturated heterocycles. The number of nitrogens with zero attached hydrogens (tertiary/aromatic N) is 3. The Morgan fingerprint density at radius 1 is 1.39 bits per heavy atom. The fourth-order valence-electron chi connectivity index (χ4n) is 4.27. The first-order chi connectivity index (χ1) is 11.2. The van der Waals surface area contributed by atoms with Crippen molar-refractivity contribution < 1.29 is 9.53 Å². The van der Waals surface area contributed by atoms with Crippen LogP contribution in [0.5, 0.6) is 0 Å². The third kappa shape index (κ3) is 3.04. The van der Waals surface area contributed by atoms with E-state index >= 15 is 0 Å². The highest BCUT2D eigenvalue weighted by Gasteiger charge is 2.50. The molecule has 6 nitrogen and oxygen atoms in total. The molecule has 0 aromatic carbocycles. The number of hydrogen-bond acceptors (Lipinski definition) is 5. The van der Waals surface area contributed by atoms with E-state index in [1.54, 1.807) is 12.5 Å². The summed E-state index contributed by atoms with van der Waals surface area (Å²) >= 11 is 0. The zero-order chi connectivity index (χ0) is 15.7. The molecule has 1 aromatic rings. The topological polar surface area (TPSA) is 67.3 Å². The maximum atomic E-state index is 12.6. The van der Waals surface area contributed by atoms with E-state index < -0.39 is 0 Å². The summed E-state index contributed by atoms with van der Waals surface area (Å²) in [4.78, 5) is 22.8. The second kappa shape index (κ2) is 6.07. The lowest BCUT2D eigenvalue weighted by atomic mass is 9.65. The van der Waals surface area contributed by atoms with Gasteiger partial charge in [-0.1, -0.05) is 0 Å². The van der Waals surface area contributed by atoms with E-state index in [1.165, 1.54) is 0 Å². The molecule has 1 amide bonds. The highest BCUT2D eigenvalue weighted by molar-refractivity contribution is 5.81. The fourth-order valence-corrected chi connectivity index (χ4v) is 4.27. The number of likely N-dealkylation sites (tertiary alicyclic amines) is 1. The van der Waals surface area contributed by atoms with Gasteiger partial charge in [0.15, 0.2) is 0 Å². The Hall–Kier alpha value is -1.69. The van der Waals surface area contributed by atoms with Crippen molar-refractivity contribution in [3.05, 3.63) is 18.6 Å². The number of nitrogens with one attached hydrogen (secondary N) is 1. The van der Waals surface area contributed by atoms with Gasteiger partial charge in [-0.3, -0.25) is 4.79 Å². The molecule has 1 aromatic heterocycles. The number of carbonyl (C=O) groups excluding carboxylic acids is 1. The van der Waals surface area contributed by atoms with Crippen molar-refractivity contribution in [1.82, 2.24) is 14.9 Å². The summed E-state index contributed by atoms with van der Waals surface area (Å²) in [6.07, 6.45) is 9.58. The molecule has 1 atom stereocenters. The predicted octanol–water partition coefficient (Wildman–Crippen LogP) is 1.84. The minimum absolute atomic E-state index is 0.186. The Kier molecular flexibility index (Phi) is 3.93. The van der Waals surface area contributed by atoms with Gasteiger partial charge in [0.2, 0.25) is 0 Å². The normalized spacial score (nSPS) is 33.5. The molecule has 1 spiro atoms. The summed E-state index contributed by atoms with van der Waals surface area (Å²) < 4.78 is 5.65. The van der Waals surface area contributed by atoms with Crippen LogP contribution < -0.4 is 5.32 Å². The first-order valence-corrected chi connectivity index (χ1v) is 8.67. The van der Waals surface area contributed by atoms with Gasteiger partial charge in [0, 0.05) is 31.9 Å². The van der Waals surface area contributed by atoms with Gasteiger partial charge in [-0.05, 0) is 50.0 Å². The van der Waals surface area contributed by atoms with Crippen LogP contribution in [0.3, 0.4) is 0 Å². The van der Waals surface area contributed by atoms with Crippen molar-refractivity contribution in [1.29, 1.82) is 0 Å². The number of aromatic nitrogens is 2. The lowest BCUT2D eigenvalue weighted by Crippen LogP contribution is -2.48. The van der Waals surface area contributed by atoms with Crippen LogP contribution in [0, 0.1) is 5.41 Å². The smallest absolute Gasteiger partial charge is 0.251 e. The molecule has 3 aliphatic rings. The summed E-state index contributed by atoms with van der Waals surface area (Å²) in [7, 11) is 0. The van der Waals surface area contributed by atoms with Crippen LogP contribution in [0.4, 0.5) is 5.82 Å². The van der Waals surface area contributed by atoms with Gasteiger partial charge < -0.3 is 15.0 Å². The van der Waals surface area contributed by atoms with Crippen LogP contribution in [0.25, 0.3) is 0 Å². The van der Waals surface area contributed by atoms with Crippen molar-refractivity contribution in [3.8, 4) is 0 Å². The lowest BCUT2D eigenvalue weighted by Gasteiger charge is -2.45. The summed E-state index contributed by atoms with van der Waals surface area (Å²) in [6, 6.07) is 2.36. The Morgan fingerprint density at radius 3 is 3.04 bits per heavy atom. The minimum Gasteiger partial charge on any atom is -0.368 e. The van der Waals surface area contributed by atoms with Crippen LogP contribution >= 0.6 is 0 Å². The molecule has 0 radical (unpaired) electrons. The van der Waals surface area contributed by atoms with Crippen LogP contribution in [0.1, 0.15) is 38.5 Å². The predicted molar refractivity (Wildman–Crippen MR) is 85.9 cm³/mol. The molecule has 1 saturated carbocycles. The quantitative estimate of drug-likeness (QED) is 0.921. The average molecular weight is 316 g/mol. The van der Waals surface area contributed by atoms with Gasteiger partial charge in [0.25, 0.3) is 5.91 Å². The maximum Gasteiger partial charge on any atom is 0.251 e. The Balaban J connectivity index is 1.28. The highest BCUT2D eigenvalue weighted by atomic mass is 16.5. The monoisotopic (exact) mass is 316 g/mol. The number of anilines is 1. The molecule has 23 heavy (non-hydrogen) atoms. The Labute approximate surface area is 136 Å². The molecular weight excluding hydrogens is 292 g/mol. The molecule has 3 heterocycles. The van der Waals surface area contributed by atoms with Gasteiger partial charge in [0.1, 0.15) is 18.2 Å². The number of rotatable bonds is 3. The lowest BCUT2D eigenvalue weighted by molar-refractivity contribution is -0.146. The van der Waals surface area contributed by atoms with Crippen LogP contribution in [-0.2, 0) is 9.53 Å². The van der Waals surface area contributed by atoms with E-state index in [9.17, 15) is 4.79 Å². The third-order valence-corrected chi connectivity index (χ3v) is 5.50. The minimum atomic E-state index is -0.186. The average Bonchev–Trinajstić information content (AvgIpc) is 3.01. The SMILES string of the molecule is O=C([C@@H]1CCCCO1)N1CCC2(CC(Nc3ccncn3)C2)C1.